The molecule has 0 saturated heterocycles. The summed E-state index contributed by atoms with van der Waals surface area (Å²) in [5.41, 5.74) is 1.83. The average molecular weight is 281 g/mol. The number of hydrogen-bond donors (Lipinski definition) is 1. The standard InChI is InChI=1S/C13H15NO4S/c1-2-3-5-17-12-9(16)4-6-18-13(12)11-10(7-15)19-8-14-11/h4,6,8,15H,2-3,5,7H2,1H3. The molecule has 0 radical (unpaired) electrons. The largest absolute Gasteiger partial charge is 0.486 e. The van der Waals surface area contributed by atoms with E-state index in [-0.39, 0.29) is 23.5 Å². The van der Waals surface area contributed by atoms with Gasteiger partial charge in [0, 0.05) is 6.07 Å². The third kappa shape index (κ3) is 3.02. The van der Waals surface area contributed by atoms with Crippen LogP contribution in [-0.2, 0) is 6.61 Å². The predicted octanol–water partition coefficient (Wildman–Crippen LogP) is 2.43. The maximum Gasteiger partial charge on any atom is 0.227 e. The lowest BCUT2D eigenvalue weighted by atomic mass is 10.2. The molecule has 0 aliphatic rings. The molecule has 2 aromatic heterocycles. The summed E-state index contributed by atoms with van der Waals surface area (Å²) < 4.78 is 10.9. The summed E-state index contributed by atoms with van der Waals surface area (Å²) in [6.45, 7) is 2.35. The normalized spacial score (nSPS) is 10.6. The topological polar surface area (TPSA) is 72.6 Å². The Balaban J connectivity index is 2.40. The highest BCUT2D eigenvalue weighted by Gasteiger charge is 2.18. The fourth-order valence-electron chi connectivity index (χ4n) is 1.59. The summed E-state index contributed by atoms with van der Waals surface area (Å²) in [5, 5.41) is 9.25. The predicted molar refractivity (Wildman–Crippen MR) is 72.4 cm³/mol. The Morgan fingerprint density at radius 2 is 2.37 bits per heavy atom. The number of ether oxygens (including phenoxy) is 1. The minimum Gasteiger partial charge on any atom is -0.486 e. The van der Waals surface area contributed by atoms with Crippen molar-refractivity contribution >= 4 is 11.3 Å². The van der Waals surface area contributed by atoms with E-state index in [1.165, 1.54) is 23.7 Å². The summed E-state index contributed by atoms with van der Waals surface area (Å²) in [6.07, 6.45) is 3.15. The second kappa shape index (κ2) is 6.49. The first-order valence-corrected chi connectivity index (χ1v) is 6.94. The molecule has 6 heteroatoms. The molecule has 0 saturated carbocycles. The summed E-state index contributed by atoms with van der Waals surface area (Å²) in [6, 6.07) is 1.32. The van der Waals surface area contributed by atoms with E-state index in [1.807, 2.05) is 6.92 Å². The van der Waals surface area contributed by atoms with Crippen molar-refractivity contribution < 1.29 is 14.3 Å². The van der Waals surface area contributed by atoms with E-state index in [0.29, 0.717) is 17.2 Å². The van der Waals surface area contributed by atoms with E-state index >= 15 is 0 Å². The molecule has 0 aliphatic carbocycles. The smallest absolute Gasteiger partial charge is 0.227 e. The number of aliphatic hydroxyl groups is 1. The second-order valence-corrected chi connectivity index (χ2v) is 4.87. The van der Waals surface area contributed by atoms with Crippen LogP contribution in [-0.4, -0.2) is 16.7 Å². The zero-order valence-electron chi connectivity index (χ0n) is 10.6. The van der Waals surface area contributed by atoms with Gasteiger partial charge >= 0.3 is 0 Å². The van der Waals surface area contributed by atoms with E-state index in [9.17, 15) is 9.90 Å². The number of unbranched alkanes of at least 4 members (excludes halogenated alkanes) is 1. The first-order chi connectivity index (χ1) is 9.27. The van der Waals surface area contributed by atoms with E-state index in [4.69, 9.17) is 9.15 Å². The molecule has 0 bridgehead atoms. The van der Waals surface area contributed by atoms with Gasteiger partial charge in [0.05, 0.1) is 29.9 Å². The highest BCUT2D eigenvalue weighted by Crippen LogP contribution is 2.30. The molecular formula is C13H15NO4S. The molecule has 5 nitrogen and oxygen atoms in total. The Bertz CT molecular complexity index is 590. The lowest BCUT2D eigenvalue weighted by Crippen LogP contribution is -2.09. The molecule has 19 heavy (non-hydrogen) atoms. The van der Waals surface area contributed by atoms with Crippen LogP contribution >= 0.6 is 11.3 Å². The quantitative estimate of drug-likeness (QED) is 0.823. The van der Waals surface area contributed by atoms with Gasteiger partial charge in [-0.15, -0.1) is 11.3 Å². The van der Waals surface area contributed by atoms with Crippen molar-refractivity contribution in [1.82, 2.24) is 4.98 Å². The van der Waals surface area contributed by atoms with Crippen molar-refractivity contribution in [3.63, 3.8) is 0 Å². The molecule has 2 aromatic rings. The third-order valence-corrected chi connectivity index (χ3v) is 3.40. The molecule has 0 aliphatic heterocycles. The Hall–Kier alpha value is -1.66. The van der Waals surface area contributed by atoms with Crippen LogP contribution in [0.15, 0.2) is 27.1 Å². The van der Waals surface area contributed by atoms with Gasteiger partial charge in [-0.2, -0.15) is 0 Å². The van der Waals surface area contributed by atoms with Crippen LogP contribution < -0.4 is 10.2 Å². The van der Waals surface area contributed by atoms with E-state index in [0.717, 1.165) is 12.8 Å². The highest BCUT2D eigenvalue weighted by atomic mass is 32.1. The molecule has 0 amide bonds. The highest BCUT2D eigenvalue weighted by molar-refractivity contribution is 7.10. The second-order valence-electron chi connectivity index (χ2n) is 3.93. The van der Waals surface area contributed by atoms with Crippen LogP contribution in [0.2, 0.25) is 0 Å². The average Bonchev–Trinajstić information content (AvgIpc) is 2.89. The monoisotopic (exact) mass is 281 g/mol. The summed E-state index contributed by atoms with van der Waals surface area (Å²) in [7, 11) is 0. The summed E-state index contributed by atoms with van der Waals surface area (Å²) in [4.78, 5) is 16.6. The summed E-state index contributed by atoms with van der Waals surface area (Å²) in [5.74, 6) is 0.449. The number of hydrogen-bond acceptors (Lipinski definition) is 6. The Morgan fingerprint density at radius 1 is 1.53 bits per heavy atom. The minimum atomic E-state index is -0.241. The lowest BCUT2D eigenvalue weighted by Gasteiger charge is -2.08. The van der Waals surface area contributed by atoms with Crippen molar-refractivity contribution in [2.45, 2.75) is 26.4 Å². The molecular weight excluding hydrogens is 266 g/mol. The fraction of sp³-hybridized carbons (Fsp3) is 0.385. The van der Waals surface area contributed by atoms with Gasteiger partial charge in [0.15, 0.2) is 5.76 Å². The van der Waals surface area contributed by atoms with E-state index < -0.39 is 0 Å². The number of thiazole rings is 1. The maximum absolute atomic E-state index is 11.9. The molecule has 0 fully saturated rings. The molecule has 1 N–H and O–H groups in total. The van der Waals surface area contributed by atoms with Crippen molar-refractivity contribution in [3.05, 3.63) is 32.9 Å². The van der Waals surface area contributed by atoms with Gasteiger partial charge in [0.25, 0.3) is 0 Å². The van der Waals surface area contributed by atoms with Crippen molar-refractivity contribution in [2.75, 3.05) is 6.61 Å². The van der Waals surface area contributed by atoms with Crippen molar-refractivity contribution in [3.8, 4) is 17.2 Å². The fourth-order valence-corrected chi connectivity index (χ4v) is 2.21. The third-order valence-electron chi connectivity index (χ3n) is 2.58. The van der Waals surface area contributed by atoms with Gasteiger partial charge in [-0.25, -0.2) is 4.98 Å². The molecule has 0 aromatic carbocycles. The van der Waals surface area contributed by atoms with Crippen molar-refractivity contribution in [1.29, 1.82) is 0 Å². The Morgan fingerprint density at radius 3 is 3.11 bits per heavy atom. The van der Waals surface area contributed by atoms with Crippen LogP contribution in [0.3, 0.4) is 0 Å². The number of aromatic nitrogens is 1. The molecule has 0 unspecified atom stereocenters. The zero-order valence-corrected chi connectivity index (χ0v) is 11.4. The number of rotatable bonds is 6. The minimum absolute atomic E-state index is 0.146. The lowest BCUT2D eigenvalue weighted by molar-refractivity contribution is 0.284. The van der Waals surface area contributed by atoms with Crippen LogP contribution in [0.1, 0.15) is 24.6 Å². The van der Waals surface area contributed by atoms with Gasteiger partial charge in [-0.1, -0.05) is 13.3 Å². The summed E-state index contributed by atoms with van der Waals surface area (Å²) >= 11 is 1.31. The van der Waals surface area contributed by atoms with E-state index in [1.54, 1.807) is 5.51 Å². The van der Waals surface area contributed by atoms with E-state index in [2.05, 4.69) is 4.98 Å². The molecule has 2 heterocycles. The molecule has 0 atom stereocenters. The molecule has 0 spiro atoms. The van der Waals surface area contributed by atoms with Crippen molar-refractivity contribution in [2.24, 2.45) is 0 Å². The van der Waals surface area contributed by atoms with Crippen LogP contribution in [0, 0.1) is 0 Å². The molecule has 102 valence electrons. The first kappa shape index (κ1) is 13.8. The van der Waals surface area contributed by atoms with Gasteiger partial charge in [0.1, 0.15) is 5.69 Å². The number of nitrogens with zero attached hydrogens (tertiary/aromatic N) is 1. The Kier molecular flexibility index (Phi) is 4.70. The van der Waals surface area contributed by atoms with Gasteiger partial charge < -0.3 is 14.3 Å². The zero-order chi connectivity index (χ0) is 13.7. The van der Waals surface area contributed by atoms with Crippen LogP contribution in [0.25, 0.3) is 11.5 Å². The van der Waals surface area contributed by atoms with Gasteiger partial charge in [-0.3, -0.25) is 4.79 Å². The van der Waals surface area contributed by atoms with Gasteiger partial charge in [0.2, 0.25) is 11.2 Å². The Labute approximate surface area is 114 Å². The van der Waals surface area contributed by atoms with Crippen LogP contribution in [0.5, 0.6) is 5.75 Å². The van der Waals surface area contributed by atoms with Gasteiger partial charge in [-0.05, 0) is 6.42 Å². The SMILES string of the molecule is CCCCOc1c(-c2ncsc2CO)occc1=O. The molecule has 2 rings (SSSR count). The first-order valence-electron chi connectivity index (χ1n) is 6.06. The number of aliphatic hydroxyl groups excluding tert-OH is 1. The maximum atomic E-state index is 11.9. The van der Waals surface area contributed by atoms with Crippen LogP contribution in [0.4, 0.5) is 0 Å².